The van der Waals surface area contributed by atoms with E-state index in [-0.39, 0.29) is 17.4 Å². The number of rotatable bonds is 2. The first kappa shape index (κ1) is 12.1. The van der Waals surface area contributed by atoms with Crippen LogP contribution in [0.3, 0.4) is 0 Å². The maximum absolute atomic E-state index is 13.8. The van der Waals surface area contributed by atoms with Gasteiger partial charge in [-0.2, -0.15) is 0 Å². The van der Waals surface area contributed by atoms with Crippen molar-refractivity contribution in [3.63, 3.8) is 0 Å². The van der Waals surface area contributed by atoms with Gasteiger partial charge in [-0.05, 0) is 25.0 Å². The third kappa shape index (κ3) is 2.51. The van der Waals surface area contributed by atoms with Crippen LogP contribution < -0.4 is 10.6 Å². The molecule has 1 aliphatic carbocycles. The van der Waals surface area contributed by atoms with Crippen molar-refractivity contribution in [1.29, 1.82) is 0 Å². The SMILES string of the molecule is CN(c1c(F)cc(N)cc1F)C1CCCCC1. The summed E-state index contributed by atoms with van der Waals surface area (Å²) in [6.45, 7) is 0. The summed E-state index contributed by atoms with van der Waals surface area (Å²) in [7, 11) is 1.76. The van der Waals surface area contributed by atoms with Gasteiger partial charge in [0.25, 0.3) is 0 Å². The number of hydrogen-bond donors (Lipinski definition) is 1. The van der Waals surface area contributed by atoms with Crippen LogP contribution >= 0.6 is 0 Å². The van der Waals surface area contributed by atoms with E-state index in [0.717, 1.165) is 25.7 Å². The highest BCUT2D eigenvalue weighted by atomic mass is 19.1. The number of nitrogen functional groups attached to an aromatic ring is 1. The maximum Gasteiger partial charge on any atom is 0.151 e. The van der Waals surface area contributed by atoms with Gasteiger partial charge in [0.2, 0.25) is 0 Å². The largest absolute Gasteiger partial charge is 0.399 e. The Labute approximate surface area is 100 Å². The monoisotopic (exact) mass is 240 g/mol. The fourth-order valence-electron chi connectivity index (χ4n) is 2.57. The van der Waals surface area contributed by atoms with E-state index in [4.69, 9.17) is 5.73 Å². The summed E-state index contributed by atoms with van der Waals surface area (Å²) in [6.07, 6.45) is 5.48. The Balaban J connectivity index is 2.26. The first-order valence-electron chi connectivity index (χ1n) is 6.07. The van der Waals surface area contributed by atoms with Gasteiger partial charge in [0, 0.05) is 18.8 Å². The van der Waals surface area contributed by atoms with Gasteiger partial charge in [0.15, 0.2) is 11.6 Å². The van der Waals surface area contributed by atoms with Crippen molar-refractivity contribution in [2.75, 3.05) is 17.7 Å². The van der Waals surface area contributed by atoms with Gasteiger partial charge in [-0.15, -0.1) is 0 Å². The quantitative estimate of drug-likeness (QED) is 0.803. The van der Waals surface area contributed by atoms with Crippen molar-refractivity contribution in [2.24, 2.45) is 0 Å². The lowest BCUT2D eigenvalue weighted by Crippen LogP contribution is -2.34. The highest BCUT2D eigenvalue weighted by Gasteiger charge is 2.23. The molecule has 1 aliphatic rings. The Hall–Kier alpha value is -1.32. The second-order valence-electron chi connectivity index (χ2n) is 4.74. The van der Waals surface area contributed by atoms with E-state index in [1.165, 1.54) is 18.6 Å². The predicted molar refractivity (Wildman–Crippen MR) is 66.0 cm³/mol. The molecule has 0 amide bonds. The fourth-order valence-corrected chi connectivity index (χ4v) is 2.57. The molecule has 0 radical (unpaired) electrons. The lowest BCUT2D eigenvalue weighted by molar-refractivity contribution is 0.420. The molecule has 1 saturated carbocycles. The van der Waals surface area contributed by atoms with Crippen molar-refractivity contribution < 1.29 is 8.78 Å². The molecule has 0 aliphatic heterocycles. The lowest BCUT2D eigenvalue weighted by atomic mass is 9.94. The smallest absolute Gasteiger partial charge is 0.151 e. The van der Waals surface area contributed by atoms with Gasteiger partial charge in [0.05, 0.1) is 0 Å². The van der Waals surface area contributed by atoms with Gasteiger partial charge >= 0.3 is 0 Å². The number of hydrogen-bond acceptors (Lipinski definition) is 2. The summed E-state index contributed by atoms with van der Waals surface area (Å²) in [5.41, 5.74) is 5.58. The molecular formula is C13H18F2N2. The molecule has 1 aromatic carbocycles. The van der Waals surface area contributed by atoms with Crippen LogP contribution in [-0.2, 0) is 0 Å². The van der Waals surface area contributed by atoms with Gasteiger partial charge in [-0.25, -0.2) is 8.78 Å². The number of nitrogens with two attached hydrogens (primary N) is 1. The highest BCUT2D eigenvalue weighted by molar-refractivity contribution is 5.56. The van der Waals surface area contributed by atoms with E-state index < -0.39 is 11.6 Å². The minimum atomic E-state index is -0.574. The molecule has 0 unspecified atom stereocenters. The van der Waals surface area contributed by atoms with Gasteiger partial charge in [0.1, 0.15) is 5.69 Å². The predicted octanol–water partition coefficient (Wildman–Crippen LogP) is 3.32. The average molecular weight is 240 g/mol. The molecule has 94 valence electrons. The van der Waals surface area contributed by atoms with Crippen LogP contribution in [0.5, 0.6) is 0 Å². The molecule has 1 fully saturated rings. The van der Waals surface area contributed by atoms with Gasteiger partial charge in [-0.3, -0.25) is 0 Å². The zero-order valence-electron chi connectivity index (χ0n) is 10.0. The molecule has 0 heterocycles. The molecule has 2 rings (SSSR count). The lowest BCUT2D eigenvalue weighted by Gasteiger charge is -2.33. The summed E-state index contributed by atoms with van der Waals surface area (Å²) >= 11 is 0. The highest BCUT2D eigenvalue weighted by Crippen LogP contribution is 2.31. The second-order valence-corrected chi connectivity index (χ2v) is 4.74. The average Bonchev–Trinajstić information content (AvgIpc) is 2.28. The van der Waals surface area contributed by atoms with Crippen LogP contribution in [0.4, 0.5) is 20.2 Å². The fraction of sp³-hybridized carbons (Fsp3) is 0.538. The van der Waals surface area contributed by atoms with E-state index in [1.807, 2.05) is 0 Å². The maximum atomic E-state index is 13.8. The van der Waals surface area contributed by atoms with Crippen LogP contribution in [0.2, 0.25) is 0 Å². The summed E-state index contributed by atoms with van der Waals surface area (Å²) in [6, 6.07) is 2.59. The van der Waals surface area contributed by atoms with Crippen LogP contribution in [0, 0.1) is 11.6 Å². The Morgan fingerprint density at radius 3 is 2.18 bits per heavy atom. The third-order valence-corrected chi connectivity index (χ3v) is 3.51. The van der Waals surface area contributed by atoms with Gasteiger partial charge < -0.3 is 10.6 Å². The van der Waals surface area contributed by atoms with Crippen LogP contribution in [0.15, 0.2) is 12.1 Å². The Morgan fingerprint density at radius 1 is 1.12 bits per heavy atom. The van der Waals surface area contributed by atoms with E-state index in [9.17, 15) is 8.78 Å². The summed E-state index contributed by atoms with van der Waals surface area (Å²) in [5, 5.41) is 0. The van der Waals surface area contributed by atoms with E-state index in [1.54, 1.807) is 11.9 Å². The molecule has 0 bridgehead atoms. The van der Waals surface area contributed by atoms with Crippen molar-refractivity contribution in [2.45, 2.75) is 38.1 Å². The minimum absolute atomic E-state index is 0.0473. The van der Waals surface area contributed by atoms with Crippen molar-refractivity contribution in [3.05, 3.63) is 23.8 Å². The number of halogens is 2. The van der Waals surface area contributed by atoms with Crippen molar-refractivity contribution in [3.8, 4) is 0 Å². The standard InChI is InChI=1S/C13H18F2N2/c1-17(10-5-3-2-4-6-10)13-11(14)7-9(16)8-12(13)15/h7-8,10H,2-6,16H2,1H3. The van der Waals surface area contributed by atoms with Crippen molar-refractivity contribution in [1.82, 2.24) is 0 Å². The van der Waals surface area contributed by atoms with Crippen molar-refractivity contribution >= 4 is 11.4 Å². The molecule has 17 heavy (non-hydrogen) atoms. The first-order valence-corrected chi connectivity index (χ1v) is 6.07. The molecule has 1 aromatic rings. The van der Waals surface area contributed by atoms with Crippen LogP contribution in [-0.4, -0.2) is 13.1 Å². The molecule has 2 nitrogen and oxygen atoms in total. The summed E-state index contributed by atoms with van der Waals surface area (Å²) in [4.78, 5) is 1.73. The second kappa shape index (κ2) is 4.90. The third-order valence-electron chi connectivity index (χ3n) is 3.51. The molecular weight excluding hydrogens is 222 g/mol. The minimum Gasteiger partial charge on any atom is -0.399 e. The summed E-state index contributed by atoms with van der Waals surface area (Å²) < 4.78 is 27.5. The molecule has 0 spiro atoms. The van der Waals surface area contributed by atoms with Crippen LogP contribution in [0.1, 0.15) is 32.1 Å². The number of anilines is 2. The van der Waals surface area contributed by atoms with E-state index in [0.29, 0.717) is 0 Å². The molecule has 0 saturated heterocycles. The Morgan fingerprint density at radius 2 is 1.65 bits per heavy atom. The molecule has 4 heteroatoms. The molecule has 2 N–H and O–H groups in total. The number of benzene rings is 1. The van der Waals surface area contributed by atoms with Gasteiger partial charge in [-0.1, -0.05) is 19.3 Å². The molecule has 0 atom stereocenters. The normalized spacial score (nSPS) is 17.1. The van der Waals surface area contributed by atoms with Crippen LogP contribution in [0.25, 0.3) is 0 Å². The first-order chi connectivity index (χ1) is 8.09. The topological polar surface area (TPSA) is 29.3 Å². The molecule has 0 aromatic heterocycles. The Kier molecular flexibility index (Phi) is 3.50. The van der Waals surface area contributed by atoms with E-state index in [2.05, 4.69) is 0 Å². The zero-order valence-corrected chi connectivity index (χ0v) is 10.0. The zero-order chi connectivity index (χ0) is 12.4. The number of nitrogens with zero attached hydrogens (tertiary/aromatic N) is 1. The van der Waals surface area contributed by atoms with E-state index >= 15 is 0 Å². The Bertz CT molecular complexity index is 377. The summed E-state index contributed by atoms with van der Waals surface area (Å²) in [5.74, 6) is -1.15.